The maximum atomic E-state index is 11.3. The van der Waals surface area contributed by atoms with Crippen molar-refractivity contribution in [2.24, 2.45) is 0 Å². The Bertz CT molecular complexity index is 499. The molecule has 0 bridgehead atoms. The van der Waals surface area contributed by atoms with Gasteiger partial charge < -0.3 is 4.74 Å². The number of rotatable bonds is 2. The molecular formula is C10H9N3O2. The first-order valence-electron chi connectivity index (χ1n) is 4.56. The number of hydrogen-bond acceptors (Lipinski definition) is 5. The van der Waals surface area contributed by atoms with Gasteiger partial charge in [-0.25, -0.2) is 19.7 Å². The molecule has 0 amide bonds. The van der Waals surface area contributed by atoms with Crippen molar-refractivity contribution in [2.45, 2.75) is 6.92 Å². The third-order valence-electron chi connectivity index (χ3n) is 1.80. The lowest BCUT2D eigenvalue weighted by Gasteiger charge is -2.00. The molecule has 0 saturated heterocycles. The average Bonchev–Trinajstić information content (AvgIpc) is 2.29. The molecule has 0 saturated carbocycles. The van der Waals surface area contributed by atoms with Crippen molar-refractivity contribution in [2.75, 3.05) is 6.61 Å². The van der Waals surface area contributed by atoms with Gasteiger partial charge in [0.1, 0.15) is 5.52 Å². The van der Waals surface area contributed by atoms with Gasteiger partial charge in [-0.2, -0.15) is 0 Å². The lowest BCUT2D eigenvalue weighted by atomic mass is 10.4. The molecule has 0 spiro atoms. The van der Waals surface area contributed by atoms with Crippen molar-refractivity contribution in [3.8, 4) is 0 Å². The molecule has 0 N–H and O–H groups in total. The van der Waals surface area contributed by atoms with Crippen LogP contribution in [-0.4, -0.2) is 27.5 Å². The van der Waals surface area contributed by atoms with E-state index in [0.717, 1.165) is 0 Å². The molecule has 0 aromatic carbocycles. The van der Waals surface area contributed by atoms with Crippen molar-refractivity contribution >= 4 is 17.1 Å². The first-order chi connectivity index (χ1) is 7.31. The largest absolute Gasteiger partial charge is 0.461 e. The number of hydrogen-bond donors (Lipinski definition) is 0. The number of carbonyl (C=O) groups excluding carboxylic acids is 1. The molecule has 15 heavy (non-hydrogen) atoms. The van der Waals surface area contributed by atoms with Crippen LogP contribution < -0.4 is 0 Å². The van der Waals surface area contributed by atoms with Crippen molar-refractivity contribution in [1.82, 2.24) is 15.0 Å². The lowest BCUT2D eigenvalue weighted by molar-refractivity contribution is 0.0519. The Morgan fingerprint density at radius 1 is 1.47 bits per heavy atom. The topological polar surface area (TPSA) is 65.0 Å². The van der Waals surface area contributed by atoms with Gasteiger partial charge in [-0.15, -0.1) is 0 Å². The number of aromatic nitrogens is 3. The smallest absolute Gasteiger partial charge is 0.358 e. The van der Waals surface area contributed by atoms with Crippen LogP contribution >= 0.6 is 0 Å². The minimum atomic E-state index is -0.462. The van der Waals surface area contributed by atoms with Crippen LogP contribution in [0.3, 0.4) is 0 Å². The minimum Gasteiger partial charge on any atom is -0.461 e. The molecule has 0 atom stereocenters. The number of carbonyl (C=O) groups is 1. The lowest BCUT2D eigenvalue weighted by Crippen LogP contribution is -2.07. The molecule has 0 aliphatic heterocycles. The molecule has 0 aliphatic carbocycles. The van der Waals surface area contributed by atoms with Crippen LogP contribution in [0, 0.1) is 0 Å². The first kappa shape index (κ1) is 9.51. The summed E-state index contributed by atoms with van der Waals surface area (Å²) in [6.07, 6.45) is 2.99. The summed E-state index contributed by atoms with van der Waals surface area (Å²) in [7, 11) is 0. The van der Waals surface area contributed by atoms with E-state index in [4.69, 9.17) is 4.74 Å². The first-order valence-corrected chi connectivity index (χ1v) is 4.56. The highest BCUT2D eigenvalue weighted by atomic mass is 16.5. The van der Waals surface area contributed by atoms with Crippen LogP contribution in [0.25, 0.3) is 11.2 Å². The van der Waals surface area contributed by atoms with Gasteiger partial charge in [0.2, 0.25) is 0 Å². The summed E-state index contributed by atoms with van der Waals surface area (Å²) >= 11 is 0. The van der Waals surface area contributed by atoms with Crippen LogP contribution in [0.5, 0.6) is 0 Å². The monoisotopic (exact) mass is 203 g/mol. The molecular weight excluding hydrogens is 194 g/mol. The van der Waals surface area contributed by atoms with Crippen molar-refractivity contribution in [3.05, 3.63) is 30.2 Å². The number of nitrogens with zero attached hydrogens (tertiary/aromatic N) is 3. The molecule has 0 fully saturated rings. The Kier molecular flexibility index (Phi) is 2.53. The van der Waals surface area contributed by atoms with E-state index in [9.17, 15) is 4.79 Å². The molecule has 2 rings (SSSR count). The van der Waals surface area contributed by atoms with Gasteiger partial charge in [0.25, 0.3) is 0 Å². The maximum absolute atomic E-state index is 11.3. The fourth-order valence-electron chi connectivity index (χ4n) is 1.16. The molecule has 0 radical (unpaired) electrons. The van der Waals surface area contributed by atoms with Gasteiger partial charge in [0.05, 0.1) is 12.8 Å². The molecule has 5 nitrogen and oxygen atoms in total. The number of fused-ring (bicyclic) bond motifs is 1. The van der Waals surface area contributed by atoms with E-state index in [1.807, 2.05) is 0 Å². The zero-order valence-corrected chi connectivity index (χ0v) is 8.17. The van der Waals surface area contributed by atoms with E-state index in [0.29, 0.717) is 17.8 Å². The fraction of sp³-hybridized carbons (Fsp3) is 0.200. The molecule has 2 aromatic heterocycles. The van der Waals surface area contributed by atoms with Gasteiger partial charge in [-0.05, 0) is 19.1 Å². The summed E-state index contributed by atoms with van der Waals surface area (Å²) in [5.74, 6) is -0.462. The molecule has 5 heteroatoms. The second kappa shape index (κ2) is 4.00. The summed E-state index contributed by atoms with van der Waals surface area (Å²) in [5, 5.41) is 0. The van der Waals surface area contributed by atoms with Crippen molar-refractivity contribution in [1.29, 1.82) is 0 Å². The van der Waals surface area contributed by atoms with Gasteiger partial charge in [0, 0.05) is 6.20 Å². The molecule has 2 aromatic rings. The third kappa shape index (κ3) is 1.90. The summed E-state index contributed by atoms with van der Waals surface area (Å²) in [4.78, 5) is 23.4. The molecule has 2 heterocycles. The number of esters is 1. The summed E-state index contributed by atoms with van der Waals surface area (Å²) in [6, 6.07) is 3.49. The summed E-state index contributed by atoms with van der Waals surface area (Å²) in [5.41, 5.74) is 1.31. The van der Waals surface area contributed by atoms with Crippen LogP contribution in [0.15, 0.2) is 24.5 Å². The fourth-order valence-corrected chi connectivity index (χ4v) is 1.16. The van der Waals surface area contributed by atoms with Crippen LogP contribution in [0.2, 0.25) is 0 Å². The van der Waals surface area contributed by atoms with Crippen molar-refractivity contribution < 1.29 is 9.53 Å². The van der Waals surface area contributed by atoms with E-state index in [1.54, 1.807) is 25.3 Å². The zero-order valence-electron chi connectivity index (χ0n) is 8.17. The normalized spacial score (nSPS) is 10.2. The Labute approximate surface area is 86.1 Å². The predicted octanol–water partition coefficient (Wildman–Crippen LogP) is 1.20. The van der Waals surface area contributed by atoms with Crippen LogP contribution in [0.4, 0.5) is 0 Å². The predicted molar refractivity (Wildman–Crippen MR) is 53.3 cm³/mol. The van der Waals surface area contributed by atoms with Crippen LogP contribution in [0.1, 0.15) is 17.4 Å². The summed E-state index contributed by atoms with van der Waals surface area (Å²) in [6.45, 7) is 2.07. The second-order valence-corrected chi connectivity index (χ2v) is 2.82. The standard InChI is InChI=1S/C10H9N3O2/c1-2-15-10(14)8-6-12-9-7(13-8)4-3-5-11-9/h3-6H,2H2,1H3. The Morgan fingerprint density at radius 3 is 3.13 bits per heavy atom. The number of pyridine rings is 1. The van der Waals surface area contributed by atoms with E-state index in [1.165, 1.54) is 6.20 Å². The van der Waals surface area contributed by atoms with E-state index >= 15 is 0 Å². The highest BCUT2D eigenvalue weighted by molar-refractivity contribution is 5.88. The number of ether oxygens (including phenoxy) is 1. The van der Waals surface area contributed by atoms with Gasteiger partial charge in [-0.3, -0.25) is 0 Å². The quantitative estimate of drug-likeness (QED) is 0.686. The third-order valence-corrected chi connectivity index (χ3v) is 1.80. The van der Waals surface area contributed by atoms with Crippen molar-refractivity contribution in [3.63, 3.8) is 0 Å². The SMILES string of the molecule is CCOC(=O)c1cnc2ncccc2n1. The molecule has 76 valence electrons. The highest BCUT2D eigenvalue weighted by Gasteiger charge is 2.09. The second-order valence-electron chi connectivity index (χ2n) is 2.82. The summed E-state index contributed by atoms with van der Waals surface area (Å²) < 4.78 is 4.81. The molecule has 0 aliphatic rings. The Hall–Kier alpha value is -2.04. The Balaban J connectivity index is 2.42. The van der Waals surface area contributed by atoms with Crippen LogP contribution in [-0.2, 0) is 4.74 Å². The Morgan fingerprint density at radius 2 is 2.33 bits per heavy atom. The molecule has 0 unspecified atom stereocenters. The van der Waals surface area contributed by atoms with Gasteiger partial charge in [-0.1, -0.05) is 0 Å². The maximum Gasteiger partial charge on any atom is 0.358 e. The highest BCUT2D eigenvalue weighted by Crippen LogP contribution is 2.06. The van der Waals surface area contributed by atoms with E-state index in [-0.39, 0.29) is 5.69 Å². The minimum absolute atomic E-state index is 0.206. The zero-order chi connectivity index (χ0) is 10.7. The van der Waals surface area contributed by atoms with Gasteiger partial charge >= 0.3 is 5.97 Å². The van der Waals surface area contributed by atoms with E-state index < -0.39 is 5.97 Å². The van der Waals surface area contributed by atoms with Gasteiger partial charge in [0.15, 0.2) is 11.3 Å². The average molecular weight is 203 g/mol. The van der Waals surface area contributed by atoms with E-state index in [2.05, 4.69) is 15.0 Å².